The molecule has 0 spiro atoms. The van der Waals surface area contributed by atoms with Crippen LogP contribution in [0.2, 0.25) is 0 Å². The second kappa shape index (κ2) is 6.03. The number of ketones is 1. The fourth-order valence-corrected chi connectivity index (χ4v) is 2.55. The SMILES string of the molecule is CC(=O)Cc1cc(C#N)c2c(ccn2CCCBr)c1. The third-order valence-corrected chi connectivity index (χ3v) is 3.59. The number of carbonyl (C=O) groups is 1. The molecule has 4 heteroatoms. The third-order valence-electron chi connectivity index (χ3n) is 3.03. The van der Waals surface area contributed by atoms with Crippen LogP contribution < -0.4 is 0 Å². The van der Waals surface area contributed by atoms with E-state index in [2.05, 4.69) is 26.6 Å². The Kier molecular flexibility index (Phi) is 4.39. The van der Waals surface area contributed by atoms with Gasteiger partial charge in [-0.15, -0.1) is 0 Å². The summed E-state index contributed by atoms with van der Waals surface area (Å²) in [5.41, 5.74) is 2.53. The van der Waals surface area contributed by atoms with Gasteiger partial charge >= 0.3 is 0 Å². The van der Waals surface area contributed by atoms with Crippen LogP contribution in [0.1, 0.15) is 24.5 Å². The number of rotatable bonds is 5. The van der Waals surface area contributed by atoms with Gasteiger partial charge in [0.2, 0.25) is 0 Å². The van der Waals surface area contributed by atoms with E-state index in [0.29, 0.717) is 12.0 Å². The van der Waals surface area contributed by atoms with Crippen LogP contribution >= 0.6 is 15.9 Å². The number of halogens is 1. The summed E-state index contributed by atoms with van der Waals surface area (Å²) in [6.07, 6.45) is 3.41. The van der Waals surface area contributed by atoms with E-state index < -0.39 is 0 Å². The summed E-state index contributed by atoms with van der Waals surface area (Å²) in [6, 6.07) is 8.08. The Morgan fingerprint density at radius 1 is 1.47 bits per heavy atom. The fraction of sp³-hybridized carbons (Fsp3) is 0.333. The average Bonchev–Trinajstić information content (AvgIpc) is 2.77. The van der Waals surface area contributed by atoms with E-state index >= 15 is 0 Å². The van der Waals surface area contributed by atoms with E-state index in [0.717, 1.165) is 34.8 Å². The zero-order valence-electron chi connectivity index (χ0n) is 10.8. The van der Waals surface area contributed by atoms with Crippen LogP contribution in [0.4, 0.5) is 0 Å². The number of nitrogens with zero attached hydrogens (tertiary/aromatic N) is 2. The van der Waals surface area contributed by atoms with Crippen molar-refractivity contribution >= 4 is 32.6 Å². The Hall–Kier alpha value is -1.60. The number of benzene rings is 1. The van der Waals surface area contributed by atoms with Crippen molar-refractivity contribution in [3.8, 4) is 6.07 Å². The van der Waals surface area contributed by atoms with Crippen LogP contribution in [0.15, 0.2) is 24.4 Å². The first-order chi connectivity index (χ1) is 9.15. The number of fused-ring (bicyclic) bond motifs is 1. The highest BCUT2D eigenvalue weighted by molar-refractivity contribution is 9.09. The number of carbonyl (C=O) groups excluding carboxylic acids is 1. The molecule has 3 nitrogen and oxygen atoms in total. The maximum absolute atomic E-state index is 11.2. The molecule has 1 aromatic carbocycles. The van der Waals surface area contributed by atoms with Crippen LogP contribution in [0, 0.1) is 11.3 Å². The molecule has 0 radical (unpaired) electrons. The highest BCUT2D eigenvalue weighted by atomic mass is 79.9. The highest BCUT2D eigenvalue weighted by Crippen LogP contribution is 2.23. The number of hydrogen-bond donors (Lipinski definition) is 0. The Balaban J connectivity index is 2.49. The van der Waals surface area contributed by atoms with Crippen molar-refractivity contribution in [3.05, 3.63) is 35.5 Å². The van der Waals surface area contributed by atoms with Gasteiger partial charge in [0.25, 0.3) is 0 Å². The van der Waals surface area contributed by atoms with Crippen molar-refractivity contribution < 1.29 is 4.79 Å². The number of alkyl halides is 1. The lowest BCUT2D eigenvalue weighted by molar-refractivity contribution is -0.116. The summed E-state index contributed by atoms with van der Waals surface area (Å²) < 4.78 is 2.10. The molecule has 0 atom stereocenters. The molecule has 1 aromatic heterocycles. The molecule has 0 aliphatic heterocycles. The number of nitriles is 1. The van der Waals surface area contributed by atoms with Crippen LogP contribution in [0.3, 0.4) is 0 Å². The van der Waals surface area contributed by atoms with Gasteiger partial charge in [-0.25, -0.2) is 0 Å². The van der Waals surface area contributed by atoms with Gasteiger partial charge in [-0.1, -0.05) is 15.9 Å². The largest absolute Gasteiger partial charge is 0.346 e. The first-order valence-corrected chi connectivity index (χ1v) is 7.35. The van der Waals surface area contributed by atoms with Crippen LogP contribution in [-0.2, 0) is 17.8 Å². The summed E-state index contributed by atoms with van der Waals surface area (Å²) >= 11 is 3.42. The van der Waals surface area contributed by atoms with Crippen LogP contribution in [-0.4, -0.2) is 15.7 Å². The molecule has 98 valence electrons. The first kappa shape index (κ1) is 13.8. The Morgan fingerprint density at radius 3 is 2.89 bits per heavy atom. The van der Waals surface area contributed by atoms with Crippen molar-refractivity contribution in [1.82, 2.24) is 4.57 Å². The van der Waals surface area contributed by atoms with Gasteiger partial charge < -0.3 is 4.57 Å². The molecule has 0 fully saturated rings. The third kappa shape index (κ3) is 3.05. The number of Topliss-reactive ketones (excluding diaryl/α,β-unsaturated/α-hetero) is 1. The van der Waals surface area contributed by atoms with Gasteiger partial charge in [0, 0.05) is 29.9 Å². The van der Waals surface area contributed by atoms with E-state index in [1.54, 1.807) is 6.92 Å². The summed E-state index contributed by atoms with van der Waals surface area (Å²) in [7, 11) is 0. The minimum Gasteiger partial charge on any atom is -0.346 e. The zero-order chi connectivity index (χ0) is 13.8. The molecular weight excluding hydrogens is 304 g/mol. The Morgan fingerprint density at radius 2 is 2.26 bits per heavy atom. The van der Waals surface area contributed by atoms with Gasteiger partial charge in [-0.3, -0.25) is 4.79 Å². The molecule has 2 aromatic rings. The molecule has 0 aliphatic carbocycles. The average molecular weight is 319 g/mol. The summed E-state index contributed by atoms with van der Waals surface area (Å²) in [4.78, 5) is 11.2. The molecule has 0 bridgehead atoms. The van der Waals surface area contributed by atoms with Crippen molar-refractivity contribution in [2.24, 2.45) is 0 Å². The van der Waals surface area contributed by atoms with E-state index in [-0.39, 0.29) is 5.78 Å². The maximum atomic E-state index is 11.2. The first-order valence-electron chi connectivity index (χ1n) is 6.23. The van der Waals surface area contributed by atoms with Crippen molar-refractivity contribution in [1.29, 1.82) is 5.26 Å². The molecule has 0 N–H and O–H groups in total. The molecule has 0 saturated heterocycles. The molecule has 0 amide bonds. The molecular formula is C15H15BrN2O. The fourth-order valence-electron chi connectivity index (χ4n) is 2.30. The van der Waals surface area contributed by atoms with Crippen LogP contribution in [0.5, 0.6) is 0 Å². The standard InChI is InChI=1S/C15H15BrN2O/c1-11(19)7-12-8-13-3-6-18(5-2-4-16)15(13)14(9-12)10-17/h3,6,8-9H,2,4-5,7H2,1H3. The zero-order valence-corrected chi connectivity index (χ0v) is 12.4. The predicted octanol–water partition coefficient (Wildman–Crippen LogP) is 3.43. The Bertz CT molecular complexity index is 652. The van der Waals surface area contributed by atoms with E-state index in [9.17, 15) is 10.1 Å². The van der Waals surface area contributed by atoms with Gasteiger partial charge in [0.1, 0.15) is 11.9 Å². The lowest BCUT2D eigenvalue weighted by Crippen LogP contribution is -2.00. The highest BCUT2D eigenvalue weighted by Gasteiger charge is 2.09. The number of aromatic nitrogens is 1. The minimum atomic E-state index is 0.113. The molecule has 19 heavy (non-hydrogen) atoms. The molecule has 2 rings (SSSR count). The van der Waals surface area contributed by atoms with Crippen LogP contribution in [0.25, 0.3) is 10.9 Å². The lowest BCUT2D eigenvalue weighted by Gasteiger charge is -2.07. The molecule has 0 saturated carbocycles. The Labute approximate surface area is 121 Å². The molecule has 0 unspecified atom stereocenters. The molecule has 0 aliphatic rings. The normalized spacial score (nSPS) is 10.6. The number of hydrogen-bond acceptors (Lipinski definition) is 2. The minimum absolute atomic E-state index is 0.113. The summed E-state index contributed by atoms with van der Waals surface area (Å²) in [5, 5.41) is 11.3. The van der Waals surface area contributed by atoms with Gasteiger partial charge in [-0.2, -0.15) is 5.26 Å². The van der Waals surface area contributed by atoms with E-state index in [1.807, 2.05) is 24.4 Å². The van der Waals surface area contributed by atoms with Gasteiger partial charge in [-0.05, 0) is 37.1 Å². The number of aryl methyl sites for hydroxylation is 1. The van der Waals surface area contributed by atoms with Crippen molar-refractivity contribution in [2.75, 3.05) is 5.33 Å². The summed E-state index contributed by atoms with van der Waals surface area (Å²) in [6.45, 7) is 2.45. The van der Waals surface area contributed by atoms with Crippen molar-refractivity contribution in [3.63, 3.8) is 0 Å². The quantitative estimate of drug-likeness (QED) is 0.793. The topological polar surface area (TPSA) is 45.8 Å². The van der Waals surface area contributed by atoms with E-state index in [4.69, 9.17) is 0 Å². The lowest BCUT2D eigenvalue weighted by atomic mass is 10.0. The molecule has 1 heterocycles. The maximum Gasteiger partial charge on any atom is 0.134 e. The summed E-state index contributed by atoms with van der Waals surface area (Å²) in [5.74, 6) is 0.113. The monoisotopic (exact) mass is 318 g/mol. The predicted molar refractivity (Wildman–Crippen MR) is 79.4 cm³/mol. The van der Waals surface area contributed by atoms with Crippen molar-refractivity contribution in [2.45, 2.75) is 26.3 Å². The van der Waals surface area contributed by atoms with Gasteiger partial charge in [0.15, 0.2) is 0 Å². The second-order valence-electron chi connectivity index (χ2n) is 4.62. The second-order valence-corrected chi connectivity index (χ2v) is 5.42. The smallest absolute Gasteiger partial charge is 0.134 e. The van der Waals surface area contributed by atoms with E-state index in [1.165, 1.54) is 0 Å². The van der Waals surface area contributed by atoms with Gasteiger partial charge in [0.05, 0.1) is 11.1 Å².